The van der Waals surface area contributed by atoms with E-state index >= 15 is 0 Å². The van der Waals surface area contributed by atoms with Crippen LogP contribution in [0, 0.1) is 0 Å². The number of alkyl halides is 1. The van der Waals surface area contributed by atoms with Crippen LogP contribution in [0.2, 0.25) is 0 Å². The summed E-state index contributed by atoms with van der Waals surface area (Å²) in [4.78, 5) is 0. The molecule has 1 aromatic heterocycles. The zero-order chi connectivity index (χ0) is 6.69. The van der Waals surface area contributed by atoms with Gasteiger partial charge in [0.05, 0.1) is 10.2 Å². The van der Waals surface area contributed by atoms with E-state index in [1.54, 1.807) is 0 Å². The Morgan fingerprint density at radius 1 is 1.67 bits per heavy atom. The molecule has 0 atom stereocenters. The van der Waals surface area contributed by atoms with Crippen LogP contribution < -0.4 is 0 Å². The Balaban J connectivity index is 2.69. The highest BCUT2D eigenvalue weighted by Gasteiger charge is 1.99. The van der Waals surface area contributed by atoms with E-state index in [1.807, 2.05) is 5.38 Å². The molecule has 50 valence electrons. The zero-order valence-corrected chi connectivity index (χ0v) is 8.59. The van der Waals surface area contributed by atoms with Crippen LogP contribution in [0.3, 0.4) is 0 Å². The number of halogens is 2. The van der Waals surface area contributed by atoms with Gasteiger partial charge in [0.25, 0.3) is 0 Å². The van der Waals surface area contributed by atoms with Gasteiger partial charge in [0, 0.05) is 17.1 Å². The van der Waals surface area contributed by atoms with Crippen LogP contribution in [0.4, 0.5) is 0 Å². The van der Waals surface area contributed by atoms with Crippen LogP contribution in [-0.4, -0.2) is 9.70 Å². The van der Waals surface area contributed by atoms with Crippen LogP contribution in [-0.2, 0) is 6.42 Å². The maximum absolute atomic E-state index is 4.17. The lowest BCUT2D eigenvalue weighted by molar-refractivity contribution is 1.10. The monoisotopic (exact) mass is 269 g/mol. The lowest BCUT2D eigenvalue weighted by atomic mass is 10.3. The van der Waals surface area contributed by atoms with Crippen LogP contribution in [0.5, 0.6) is 0 Å². The highest BCUT2D eigenvalue weighted by Crippen LogP contribution is 2.18. The van der Waals surface area contributed by atoms with E-state index in [1.165, 1.54) is 11.5 Å². The number of hydrogen-bond donors (Lipinski definition) is 0. The molecule has 1 nitrogen and oxygen atoms in total. The molecule has 0 unspecified atom stereocenters. The van der Waals surface area contributed by atoms with Crippen molar-refractivity contribution < 1.29 is 0 Å². The molecule has 0 bridgehead atoms. The molecule has 1 aromatic rings. The Kier molecular flexibility index (Phi) is 3.15. The number of nitrogens with zero attached hydrogens (tertiary/aromatic N) is 1. The second-order valence-corrected chi connectivity index (χ2v) is 3.82. The zero-order valence-electron chi connectivity index (χ0n) is 4.60. The van der Waals surface area contributed by atoms with Gasteiger partial charge in [-0.15, -0.1) is 0 Å². The molecule has 0 aromatic carbocycles. The van der Waals surface area contributed by atoms with Crippen molar-refractivity contribution in [3.05, 3.63) is 15.5 Å². The fraction of sp³-hybridized carbons (Fsp3) is 0.400. The normalized spacial score (nSPS) is 10.0. The summed E-state index contributed by atoms with van der Waals surface area (Å²) < 4.78 is 5.30. The van der Waals surface area contributed by atoms with Crippen LogP contribution in [0.1, 0.15) is 5.69 Å². The van der Waals surface area contributed by atoms with E-state index in [0.29, 0.717) is 0 Å². The van der Waals surface area contributed by atoms with Crippen molar-refractivity contribution in [3.8, 4) is 0 Å². The molecule has 1 rings (SSSR count). The number of rotatable bonds is 2. The third kappa shape index (κ3) is 2.02. The summed E-state index contributed by atoms with van der Waals surface area (Å²) >= 11 is 8.23. The summed E-state index contributed by atoms with van der Waals surface area (Å²) in [6, 6.07) is 0. The van der Waals surface area contributed by atoms with Gasteiger partial charge in [-0.2, -0.15) is 4.37 Å². The van der Waals surface area contributed by atoms with Gasteiger partial charge in [-0.1, -0.05) is 15.9 Å². The number of aryl methyl sites for hydroxylation is 1. The first kappa shape index (κ1) is 7.69. The average Bonchev–Trinajstić information content (AvgIpc) is 2.18. The van der Waals surface area contributed by atoms with Crippen LogP contribution in [0.15, 0.2) is 9.85 Å². The molecular weight excluding hydrogens is 266 g/mol. The van der Waals surface area contributed by atoms with Gasteiger partial charge in [-0.25, -0.2) is 0 Å². The van der Waals surface area contributed by atoms with E-state index in [2.05, 4.69) is 36.2 Å². The highest BCUT2D eigenvalue weighted by molar-refractivity contribution is 9.10. The molecule has 0 aliphatic carbocycles. The van der Waals surface area contributed by atoms with Gasteiger partial charge in [0.2, 0.25) is 0 Å². The van der Waals surface area contributed by atoms with Crippen molar-refractivity contribution in [1.29, 1.82) is 0 Å². The molecular formula is C5H5Br2NS. The number of aromatic nitrogens is 1. The Bertz CT molecular complexity index is 187. The quantitative estimate of drug-likeness (QED) is 0.754. The lowest BCUT2D eigenvalue weighted by Crippen LogP contribution is -1.84. The third-order valence-corrected chi connectivity index (χ3v) is 2.98. The minimum atomic E-state index is 0.981. The molecule has 0 fully saturated rings. The van der Waals surface area contributed by atoms with Crippen molar-refractivity contribution in [1.82, 2.24) is 4.37 Å². The second-order valence-electron chi connectivity index (χ2n) is 1.55. The maximum Gasteiger partial charge on any atom is 0.0692 e. The largest absolute Gasteiger partial charge is 0.196 e. The summed E-state index contributed by atoms with van der Waals surface area (Å²) in [6.45, 7) is 0. The summed E-state index contributed by atoms with van der Waals surface area (Å²) in [5.41, 5.74) is 1.15. The Morgan fingerprint density at radius 3 is 2.89 bits per heavy atom. The van der Waals surface area contributed by atoms with Crippen molar-refractivity contribution in [2.45, 2.75) is 6.42 Å². The first-order chi connectivity index (χ1) is 4.34. The topological polar surface area (TPSA) is 12.9 Å². The van der Waals surface area contributed by atoms with Gasteiger partial charge < -0.3 is 0 Å². The highest BCUT2D eigenvalue weighted by atomic mass is 79.9. The van der Waals surface area contributed by atoms with E-state index in [9.17, 15) is 0 Å². The molecule has 0 amide bonds. The van der Waals surface area contributed by atoms with E-state index in [4.69, 9.17) is 0 Å². The van der Waals surface area contributed by atoms with Gasteiger partial charge in [0.1, 0.15) is 0 Å². The van der Waals surface area contributed by atoms with Crippen molar-refractivity contribution in [2.24, 2.45) is 0 Å². The third-order valence-electron chi connectivity index (χ3n) is 0.926. The Hall–Kier alpha value is 0.590. The first-order valence-electron chi connectivity index (χ1n) is 2.49. The smallest absolute Gasteiger partial charge is 0.0692 e. The summed E-state index contributed by atoms with van der Waals surface area (Å²) in [5.74, 6) is 0. The van der Waals surface area contributed by atoms with Crippen LogP contribution >= 0.6 is 43.4 Å². The molecule has 0 saturated carbocycles. The van der Waals surface area contributed by atoms with Crippen molar-refractivity contribution in [3.63, 3.8) is 0 Å². The van der Waals surface area contributed by atoms with Crippen molar-refractivity contribution >= 4 is 43.4 Å². The van der Waals surface area contributed by atoms with E-state index < -0.39 is 0 Å². The van der Waals surface area contributed by atoms with E-state index in [-0.39, 0.29) is 0 Å². The summed E-state index contributed by atoms with van der Waals surface area (Å²) in [5, 5.41) is 2.98. The molecule has 0 saturated heterocycles. The van der Waals surface area contributed by atoms with Gasteiger partial charge in [0.15, 0.2) is 0 Å². The molecule has 4 heteroatoms. The summed E-state index contributed by atoms with van der Waals surface area (Å²) in [7, 11) is 0. The molecule has 0 aliphatic rings. The lowest BCUT2D eigenvalue weighted by Gasteiger charge is -1.88. The molecule has 1 heterocycles. The predicted molar refractivity (Wildman–Crippen MR) is 47.3 cm³/mol. The molecule has 0 N–H and O–H groups in total. The second kappa shape index (κ2) is 3.68. The Labute approximate surface area is 74.9 Å². The van der Waals surface area contributed by atoms with Gasteiger partial charge in [-0.3, -0.25) is 0 Å². The maximum atomic E-state index is 4.17. The van der Waals surface area contributed by atoms with Gasteiger partial charge in [-0.05, 0) is 27.5 Å². The average molecular weight is 271 g/mol. The molecule has 0 aliphatic heterocycles. The molecule has 0 spiro atoms. The first-order valence-corrected chi connectivity index (χ1v) is 5.24. The SMILES string of the molecule is BrCCc1nscc1Br. The fourth-order valence-corrected chi connectivity index (χ4v) is 2.13. The standard InChI is InChI=1S/C5H5Br2NS/c6-2-1-5-4(7)3-9-8-5/h3H,1-2H2. The molecule has 9 heavy (non-hydrogen) atoms. The minimum absolute atomic E-state index is 0.981. The fourth-order valence-electron chi connectivity index (χ4n) is 0.502. The predicted octanol–water partition coefficient (Wildman–Crippen LogP) is 2.84. The van der Waals surface area contributed by atoms with Crippen LogP contribution in [0.25, 0.3) is 0 Å². The van der Waals surface area contributed by atoms with Gasteiger partial charge >= 0.3 is 0 Å². The summed E-state index contributed by atoms with van der Waals surface area (Å²) in [6.07, 6.45) is 1.00. The van der Waals surface area contributed by atoms with E-state index in [0.717, 1.165) is 21.9 Å². The Morgan fingerprint density at radius 2 is 2.44 bits per heavy atom. The molecule has 0 radical (unpaired) electrons. The number of hydrogen-bond acceptors (Lipinski definition) is 2. The minimum Gasteiger partial charge on any atom is -0.196 e. The van der Waals surface area contributed by atoms with Crippen molar-refractivity contribution in [2.75, 3.05) is 5.33 Å².